The number of amides is 2. The molecule has 9 heteroatoms. The van der Waals surface area contributed by atoms with Crippen molar-refractivity contribution in [2.24, 2.45) is 0 Å². The smallest absolute Gasteiger partial charge is 0.255 e. The Morgan fingerprint density at radius 1 is 0.973 bits per heavy atom. The molecule has 2 aromatic rings. The second kappa shape index (κ2) is 10.2. The summed E-state index contributed by atoms with van der Waals surface area (Å²) in [6.07, 6.45) is 5.29. The molecule has 1 aliphatic carbocycles. The Morgan fingerprint density at radius 2 is 1.78 bits per heavy atom. The first kappa shape index (κ1) is 24.1. The number of aliphatic hydroxyl groups excluding tert-OH is 1. The number of benzene rings is 2. The Balaban J connectivity index is 1.14. The van der Waals surface area contributed by atoms with Crippen molar-refractivity contribution in [2.45, 2.75) is 75.2 Å². The van der Waals surface area contributed by atoms with E-state index in [1.165, 1.54) is 6.42 Å². The molecule has 1 saturated carbocycles. The van der Waals surface area contributed by atoms with Gasteiger partial charge in [-0.15, -0.1) is 0 Å². The lowest BCUT2D eigenvalue weighted by atomic mass is 9.84. The molecule has 2 aromatic carbocycles. The van der Waals surface area contributed by atoms with E-state index >= 15 is 0 Å². The van der Waals surface area contributed by atoms with Crippen LogP contribution in [0.25, 0.3) is 0 Å². The highest BCUT2D eigenvalue weighted by molar-refractivity contribution is 6.04. The number of fused-ring (bicyclic) bond motifs is 4. The summed E-state index contributed by atoms with van der Waals surface area (Å²) in [7, 11) is 0. The molecule has 6 rings (SSSR count). The van der Waals surface area contributed by atoms with Crippen LogP contribution in [0.1, 0.15) is 66.8 Å². The molecular weight excluding hydrogens is 476 g/mol. The maximum Gasteiger partial charge on any atom is 0.255 e. The van der Waals surface area contributed by atoms with Crippen LogP contribution in [0, 0.1) is 0 Å². The van der Waals surface area contributed by atoms with Crippen molar-refractivity contribution < 1.29 is 33.6 Å². The van der Waals surface area contributed by atoms with Crippen LogP contribution in [0.4, 0.5) is 5.69 Å². The average molecular weight is 509 g/mol. The normalized spacial score (nSPS) is 26.1. The fourth-order valence-corrected chi connectivity index (χ4v) is 5.95. The van der Waals surface area contributed by atoms with Crippen LogP contribution in [0.15, 0.2) is 36.4 Å². The first-order chi connectivity index (χ1) is 18.1. The lowest BCUT2D eigenvalue weighted by molar-refractivity contribution is -0.142. The Labute approximate surface area is 215 Å². The van der Waals surface area contributed by atoms with Crippen LogP contribution in [0.2, 0.25) is 0 Å². The van der Waals surface area contributed by atoms with Crippen molar-refractivity contribution in [1.82, 2.24) is 5.32 Å². The number of carbonyl (C=O) groups excluding carboxylic acids is 2. The van der Waals surface area contributed by atoms with E-state index < -0.39 is 6.10 Å². The molecule has 9 nitrogen and oxygen atoms in total. The molecule has 0 aromatic heterocycles. The average Bonchev–Trinajstić information content (AvgIpc) is 3.53. The zero-order chi connectivity index (χ0) is 25.4. The standard InChI is InChI=1S/C28H32N2O7/c31-14-25-27-21(12-19(36-25)13-26(32)29-17-4-2-1-3-5-17)20-11-18(7-9-22(20)37-27)30-28(33)16-6-8-23-24(10-16)35-15-34-23/h6-11,17,19,21,25,27,31H,1-5,12-15H2,(H,29,32)(H,30,33)/t19-,21+,25-,27-/m1/s1. The molecule has 0 radical (unpaired) electrons. The van der Waals surface area contributed by atoms with E-state index in [1.54, 1.807) is 24.3 Å². The molecule has 4 aliphatic rings. The van der Waals surface area contributed by atoms with Gasteiger partial charge >= 0.3 is 0 Å². The van der Waals surface area contributed by atoms with Gasteiger partial charge in [0, 0.05) is 28.8 Å². The van der Waals surface area contributed by atoms with Gasteiger partial charge in [-0.05, 0) is 55.7 Å². The van der Waals surface area contributed by atoms with Crippen LogP contribution in [0.5, 0.6) is 17.2 Å². The van der Waals surface area contributed by atoms with Gasteiger partial charge in [-0.25, -0.2) is 0 Å². The van der Waals surface area contributed by atoms with Crippen molar-refractivity contribution in [3.63, 3.8) is 0 Å². The van der Waals surface area contributed by atoms with Gasteiger partial charge in [0.2, 0.25) is 12.7 Å². The summed E-state index contributed by atoms with van der Waals surface area (Å²) < 4.78 is 23.0. The summed E-state index contributed by atoms with van der Waals surface area (Å²) in [5.74, 6) is 1.58. The topological polar surface area (TPSA) is 115 Å². The third-order valence-electron chi connectivity index (χ3n) is 7.78. The minimum atomic E-state index is -0.523. The highest BCUT2D eigenvalue weighted by Gasteiger charge is 2.46. The van der Waals surface area contributed by atoms with Gasteiger partial charge in [0.25, 0.3) is 5.91 Å². The summed E-state index contributed by atoms with van der Waals surface area (Å²) in [6, 6.07) is 10.9. The maximum atomic E-state index is 12.9. The molecule has 0 unspecified atom stereocenters. The zero-order valence-corrected chi connectivity index (χ0v) is 20.6. The van der Waals surface area contributed by atoms with Gasteiger partial charge in [-0.2, -0.15) is 0 Å². The first-order valence-corrected chi connectivity index (χ1v) is 13.1. The van der Waals surface area contributed by atoms with Gasteiger partial charge in [-0.1, -0.05) is 19.3 Å². The third kappa shape index (κ3) is 4.98. The Morgan fingerprint density at radius 3 is 2.62 bits per heavy atom. The van der Waals surface area contributed by atoms with Gasteiger partial charge in [0.05, 0.1) is 19.1 Å². The van der Waals surface area contributed by atoms with E-state index in [4.69, 9.17) is 18.9 Å². The van der Waals surface area contributed by atoms with Crippen molar-refractivity contribution in [2.75, 3.05) is 18.7 Å². The molecule has 3 aliphatic heterocycles. The van der Waals surface area contributed by atoms with Gasteiger partial charge < -0.3 is 34.7 Å². The van der Waals surface area contributed by atoms with Gasteiger partial charge in [0.15, 0.2) is 11.5 Å². The molecule has 0 bridgehead atoms. The fourth-order valence-electron chi connectivity index (χ4n) is 5.95. The quantitative estimate of drug-likeness (QED) is 0.547. The highest BCUT2D eigenvalue weighted by atomic mass is 16.7. The van der Waals surface area contributed by atoms with Crippen LogP contribution in [-0.4, -0.2) is 54.7 Å². The molecule has 0 spiro atoms. The zero-order valence-electron chi connectivity index (χ0n) is 20.6. The van der Waals surface area contributed by atoms with Crippen molar-refractivity contribution in [1.29, 1.82) is 0 Å². The number of hydrogen-bond acceptors (Lipinski definition) is 7. The lowest BCUT2D eigenvalue weighted by Crippen LogP contribution is -2.48. The van der Waals surface area contributed by atoms with Gasteiger partial charge in [-0.3, -0.25) is 9.59 Å². The SMILES string of the molecule is O=C(C[C@H]1C[C@H]2c3cc(NC(=O)c4ccc5c(c4)OCO5)ccc3O[C@H]2[C@@H](CO)O1)NC1CCCCC1. The highest BCUT2D eigenvalue weighted by Crippen LogP contribution is 2.47. The van der Waals surface area contributed by atoms with E-state index in [2.05, 4.69) is 10.6 Å². The van der Waals surface area contributed by atoms with E-state index in [-0.39, 0.29) is 55.8 Å². The minimum absolute atomic E-state index is 0.00378. The number of aliphatic hydroxyl groups is 1. The first-order valence-electron chi connectivity index (χ1n) is 13.1. The number of rotatable bonds is 6. The minimum Gasteiger partial charge on any atom is -0.487 e. The van der Waals surface area contributed by atoms with Crippen molar-refractivity contribution in [3.05, 3.63) is 47.5 Å². The van der Waals surface area contributed by atoms with Crippen LogP contribution in [-0.2, 0) is 9.53 Å². The lowest BCUT2D eigenvalue weighted by Gasteiger charge is -2.37. The summed E-state index contributed by atoms with van der Waals surface area (Å²) in [5, 5.41) is 16.1. The number of carbonyl (C=O) groups is 2. The van der Waals surface area contributed by atoms with E-state index in [0.717, 1.165) is 31.2 Å². The molecule has 2 fully saturated rings. The second-order valence-electron chi connectivity index (χ2n) is 10.3. The molecule has 4 atom stereocenters. The van der Waals surface area contributed by atoms with Crippen LogP contribution < -0.4 is 24.8 Å². The Hall–Kier alpha value is -3.30. The molecule has 196 valence electrons. The molecule has 3 N–H and O–H groups in total. The van der Waals surface area contributed by atoms with E-state index in [9.17, 15) is 14.7 Å². The summed E-state index contributed by atoms with van der Waals surface area (Å²) in [5.41, 5.74) is 2.06. The molecule has 3 heterocycles. The largest absolute Gasteiger partial charge is 0.487 e. The summed E-state index contributed by atoms with van der Waals surface area (Å²) in [6.45, 7) is -0.0425. The second-order valence-corrected chi connectivity index (χ2v) is 10.3. The molecular formula is C28H32N2O7. The molecule has 1 saturated heterocycles. The fraction of sp³-hybridized carbons (Fsp3) is 0.500. The van der Waals surface area contributed by atoms with E-state index in [1.807, 2.05) is 12.1 Å². The number of ether oxygens (including phenoxy) is 4. The van der Waals surface area contributed by atoms with Crippen molar-refractivity contribution >= 4 is 17.5 Å². The number of hydrogen-bond donors (Lipinski definition) is 3. The van der Waals surface area contributed by atoms with Gasteiger partial charge in [0.1, 0.15) is 18.0 Å². The Kier molecular flexibility index (Phi) is 6.65. The van der Waals surface area contributed by atoms with E-state index in [0.29, 0.717) is 34.9 Å². The number of nitrogens with one attached hydrogen (secondary N) is 2. The van der Waals surface area contributed by atoms with Crippen molar-refractivity contribution in [3.8, 4) is 17.2 Å². The summed E-state index contributed by atoms with van der Waals surface area (Å²) in [4.78, 5) is 25.6. The summed E-state index contributed by atoms with van der Waals surface area (Å²) >= 11 is 0. The monoisotopic (exact) mass is 508 g/mol. The maximum absolute atomic E-state index is 12.9. The number of anilines is 1. The third-order valence-corrected chi connectivity index (χ3v) is 7.78. The van der Waals surface area contributed by atoms with Crippen LogP contribution in [0.3, 0.4) is 0 Å². The Bertz CT molecular complexity index is 1180. The predicted molar refractivity (Wildman–Crippen MR) is 134 cm³/mol. The van der Waals surface area contributed by atoms with Crippen LogP contribution >= 0.6 is 0 Å². The molecule has 37 heavy (non-hydrogen) atoms. The predicted octanol–water partition coefficient (Wildman–Crippen LogP) is 3.50. The molecule has 2 amide bonds.